The molecule has 1 aromatic rings. The van der Waals surface area contributed by atoms with Crippen molar-refractivity contribution in [3.8, 4) is 0 Å². The number of hydrogen-bond acceptors (Lipinski definition) is 5. The molecule has 2 heterocycles. The topological polar surface area (TPSA) is 84.9 Å². The van der Waals surface area contributed by atoms with Gasteiger partial charge in [0.05, 0.1) is 18.1 Å². The summed E-state index contributed by atoms with van der Waals surface area (Å²) in [7, 11) is -3.59. The first kappa shape index (κ1) is 18.1. The van der Waals surface area contributed by atoms with Gasteiger partial charge in [-0.2, -0.15) is 4.31 Å². The zero-order chi connectivity index (χ0) is 17.9. The lowest BCUT2D eigenvalue weighted by Gasteiger charge is -2.36. The van der Waals surface area contributed by atoms with E-state index in [0.29, 0.717) is 51.3 Å². The highest BCUT2D eigenvalue weighted by molar-refractivity contribution is 7.89. The summed E-state index contributed by atoms with van der Waals surface area (Å²) in [4.78, 5) is 12.0. The number of nitrogens with one attached hydrogen (secondary N) is 1. The lowest BCUT2D eigenvalue weighted by atomic mass is 10.1. The van der Waals surface area contributed by atoms with Gasteiger partial charge in [0, 0.05) is 38.0 Å². The third kappa shape index (κ3) is 3.77. The fraction of sp³-hybridized carbons (Fsp3) is 0.471. The summed E-state index contributed by atoms with van der Waals surface area (Å²) in [6.07, 6.45) is 2.63. The van der Waals surface area contributed by atoms with Crippen LogP contribution in [0.5, 0.6) is 0 Å². The lowest BCUT2D eigenvalue weighted by molar-refractivity contribution is -0.179. The van der Waals surface area contributed by atoms with Gasteiger partial charge in [-0.05, 0) is 24.3 Å². The molecule has 1 N–H and O–H groups in total. The molecule has 8 heteroatoms. The van der Waals surface area contributed by atoms with Crippen LogP contribution >= 0.6 is 0 Å². The Balaban J connectivity index is 1.68. The first-order valence-corrected chi connectivity index (χ1v) is 9.68. The van der Waals surface area contributed by atoms with E-state index in [-0.39, 0.29) is 10.8 Å². The highest BCUT2D eigenvalue weighted by atomic mass is 32.2. The molecule has 136 valence electrons. The lowest BCUT2D eigenvalue weighted by Crippen LogP contribution is -2.47. The van der Waals surface area contributed by atoms with Gasteiger partial charge in [-0.25, -0.2) is 8.42 Å². The number of benzene rings is 1. The van der Waals surface area contributed by atoms with Crippen molar-refractivity contribution in [3.05, 3.63) is 42.5 Å². The quantitative estimate of drug-likeness (QED) is 0.790. The highest BCUT2D eigenvalue weighted by Gasteiger charge is 2.42. The summed E-state index contributed by atoms with van der Waals surface area (Å²) in [6.45, 7) is 5.71. The van der Waals surface area contributed by atoms with E-state index in [4.69, 9.17) is 9.47 Å². The highest BCUT2D eigenvalue weighted by Crippen LogP contribution is 2.33. The van der Waals surface area contributed by atoms with E-state index in [1.807, 2.05) is 0 Å². The van der Waals surface area contributed by atoms with Crippen LogP contribution in [0.15, 0.2) is 41.8 Å². The van der Waals surface area contributed by atoms with Crippen molar-refractivity contribution < 1.29 is 22.7 Å². The third-order valence-corrected chi connectivity index (χ3v) is 6.37. The largest absolute Gasteiger partial charge is 0.349 e. The summed E-state index contributed by atoms with van der Waals surface area (Å²) in [5, 5.41) is 2.65. The van der Waals surface area contributed by atoms with Crippen LogP contribution in [0, 0.1) is 0 Å². The minimum absolute atomic E-state index is 0.178. The van der Waals surface area contributed by atoms with Crippen LogP contribution in [0.1, 0.15) is 23.2 Å². The van der Waals surface area contributed by atoms with Gasteiger partial charge >= 0.3 is 0 Å². The van der Waals surface area contributed by atoms with Crippen molar-refractivity contribution in [3.63, 3.8) is 0 Å². The minimum atomic E-state index is -3.59. The van der Waals surface area contributed by atoms with Crippen LogP contribution in [0.2, 0.25) is 0 Å². The second-order valence-corrected chi connectivity index (χ2v) is 7.97. The maximum Gasteiger partial charge on any atom is 0.251 e. The number of hydrogen-bond donors (Lipinski definition) is 1. The number of carbonyl (C=O) groups excluding carboxylic acids is 1. The van der Waals surface area contributed by atoms with Crippen molar-refractivity contribution in [1.82, 2.24) is 9.62 Å². The zero-order valence-corrected chi connectivity index (χ0v) is 14.8. The van der Waals surface area contributed by atoms with E-state index in [1.165, 1.54) is 28.6 Å². The molecule has 0 aromatic heterocycles. The molecule has 2 fully saturated rings. The Morgan fingerprint density at radius 1 is 1.20 bits per heavy atom. The van der Waals surface area contributed by atoms with Crippen LogP contribution < -0.4 is 5.32 Å². The molecule has 1 aromatic carbocycles. The van der Waals surface area contributed by atoms with Crippen molar-refractivity contribution in [2.75, 3.05) is 32.8 Å². The number of sulfonamides is 1. The number of rotatable bonds is 5. The van der Waals surface area contributed by atoms with E-state index >= 15 is 0 Å². The van der Waals surface area contributed by atoms with Gasteiger partial charge in [0.25, 0.3) is 5.91 Å². The Bertz CT molecular complexity index is 729. The Kier molecular flexibility index (Phi) is 5.24. The number of amides is 1. The standard InChI is InChI=1S/C17H22N2O5S/c1-2-9-18-16(20)14-3-5-15(6-4-14)25(21,22)19-10-7-17(8-11-19)23-12-13-24-17/h2-6H,1,7-13H2,(H,18,20). The predicted molar refractivity (Wildman–Crippen MR) is 91.6 cm³/mol. The predicted octanol–water partition coefficient (Wildman–Crippen LogP) is 1.13. The van der Waals surface area contributed by atoms with E-state index in [2.05, 4.69) is 11.9 Å². The smallest absolute Gasteiger partial charge is 0.251 e. The molecule has 7 nitrogen and oxygen atoms in total. The Morgan fingerprint density at radius 2 is 1.80 bits per heavy atom. The van der Waals surface area contributed by atoms with Crippen molar-refractivity contribution >= 4 is 15.9 Å². The summed E-state index contributed by atoms with van der Waals surface area (Å²) in [6, 6.07) is 5.95. The normalized spacial score (nSPS) is 20.5. The molecule has 1 spiro atoms. The molecule has 2 aliphatic rings. The fourth-order valence-corrected chi connectivity index (χ4v) is 4.49. The maximum atomic E-state index is 12.8. The van der Waals surface area contributed by atoms with Crippen molar-refractivity contribution in [2.45, 2.75) is 23.5 Å². The monoisotopic (exact) mass is 366 g/mol. The average molecular weight is 366 g/mol. The number of ether oxygens (including phenoxy) is 2. The second-order valence-electron chi connectivity index (χ2n) is 6.03. The molecule has 0 unspecified atom stereocenters. The first-order valence-electron chi connectivity index (χ1n) is 8.24. The third-order valence-electron chi connectivity index (χ3n) is 4.46. The van der Waals surface area contributed by atoms with Gasteiger partial charge in [0.1, 0.15) is 0 Å². The zero-order valence-electron chi connectivity index (χ0n) is 13.9. The first-order chi connectivity index (χ1) is 12.0. The number of nitrogens with zero attached hydrogens (tertiary/aromatic N) is 1. The second kappa shape index (κ2) is 7.25. The Labute approximate surface area is 147 Å². The van der Waals surface area contributed by atoms with Crippen LogP contribution in [-0.2, 0) is 19.5 Å². The van der Waals surface area contributed by atoms with Gasteiger partial charge in [0.2, 0.25) is 10.0 Å². The van der Waals surface area contributed by atoms with Gasteiger partial charge in [-0.3, -0.25) is 4.79 Å². The molecule has 0 aliphatic carbocycles. The van der Waals surface area contributed by atoms with E-state index in [0.717, 1.165) is 0 Å². The van der Waals surface area contributed by atoms with Crippen LogP contribution in [-0.4, -0.2) is 57.3 Å². The van der Waals surface area contributed by atoms with Gasteiger partial charge in [0.15, 0.2) is 5.79 Å². The molecule has 25 heavy (non-hydrogen) atoms. The molecule has 3 rings (SSSR count). The van der Waals surface area contributed by atoms with Crippen molar-refractivity contribution in [1.29, 1.82) is 0 Å². The van der Waals surface area contributed by atoms with Gasteiger partial charge in [-0.1, -0.05) is 6.08 Å². The van der Waals surface area contributed by atoms with Crippen molar-refractivity contribution in [2.24, 2.45) is 0 Å². The average Bonchev–Trinajstić information content (AvgIpc) is 3.08. The number of piperidine rings is 1. The molecule has 1 amide bonds. The summed E-state index contributed by atoms with van der Waals surface area (Å²) < 4.78 is 38.2. The molecule has 0 bridgehead atoms. The molecule has 2 saturated heterocycles. The summed E-state index contributed by atoms with van der Waals surface area (Å²) >= 11 is 0. The van der Waals surface area contributed by atoms with E-state index in [1.54, 1.807) is 6.08 Å². The fourth-order valence-electron chi connectivity index (χ4n) is 3.05. The number of carbonyl (C=O) groups is 1. The Hall–Kier alpha value is -1.74. The van der Waals surface area contributed by atoms with Gasteiger partial charge in [-0.15, -0.1) is 6.58 Å². The molecule has 0 atom stereocenters. The minimum Gasteiger partial charge on any atom is -0.349 e. The van der Waals surface area contributed by atoms with E-state index < -0.39 is 15.8 Å². The Morgan fingerprint density at radius 3 is 2.36 bits per heavy atom. The molecular weight excluding hydrogens is 344 g/mol. The molecular formula is C17H22N2O5S. The summed E-state index contributed by atoms with van der Waals surface area (Å²) in [5.74, 6) is -0.877. The van der Waals surface area contributed by atoms with Crippen LogP contribution in [0.25, 0.3) is 0 Å². The van der Waals surface area contributed by atoms with Crippen LogP contribution in [0.4, 0.5) is 0 Å². The molecule has 0 radical (unpaired) electrons. The maximum absolute atomic E-state index is 12.8. The molecule has 0 saturated carbocycles. The SMILES string of the molecule is C=CCNC(=O)c1ccc(S(=O)(=O)N2CCC3(CC2)OCCO3)cc1. The van der Waals surface area contributed by atoms with Gasteiger partial charge < -0.3 is 14.8 Å². The molecule has 2 aliphatic heterocycles. The van der Waals surface area contributed by atoms with E-state index in [9.17, 15) is 13.2 Å². The van der Waals surface area contributed by atoms with Crippen LogP contribution in [0.3, 0.4) is 0 Å². The summed E-state index contributed by atoms with van der Waals surface area (Å²) in [5.41, 5.74) is 0.408.